The van der Waals surface area contributed by atoms with Crippen molar-refractivity contribution in [1.82, 2.24) is 9.88 Å². The molecule has 4 heteroatoms. The number of nitrogens with zero attached hydrogens (tertiary/aromatic N) is 3. The lowest BCUT2D eigenvalue weighted by Gasteiger charge is -2.24. The summed E-state index contributed by atoms with van der Waals surface area (Å²) in [6.07, 6.45) is 3.96. The third-order valence-electron chi connectivity index (χ3n) is 3.27. The normalized spacial score (nSPS) is 19.5. The number of amides is 1. The number of hydrogen-bond acceptors (Lipinski definition) is 3. The molecule has 1 saturated heterocycles. The summed E-state index contributed by atoms with van der Waals surface area (Å²) in [4.78, 5) is 19.8. The Labute approximate surface area is 102 Å². The number of likely N-dealkylation sites (tertiary alicyclic amines) is 1. The van der Waals surface area contributed by atoms with E-state index in [4.69, 9.17) is 0 Å². The van der Waals surface area contributed by atoms with Gasteiger partial charge in [0.2, 0.25) is 5.91 Å². The zero-order chi connectivity index (χ0) is 12.4. The van der Waals surface area contributed by atoms with Gasteiger partial charge in [-0.2, -0.15) is 0 Å². The van der Waals surface area contributed by atoms with Gasteiger partial charge >= 0.3 is 0 Å². The van der Waals surface area contributed by atoms with E-state index in [0.29, 0.717) is 0 Å². The van der Waals surface area contributed by atoms with Crippen molar-refractivity contribution in [3.63, 3.8) is 0 Å². The van der Waals surface area contributed by atoms with Crippen molar-refractivity contribution in [1.29, 1.82) is 0 Å². The van der Waals surface area contributed by atoms with Crippen molar-refractivity contribution in [2.24, 2.45) is 0 Å². The fourth-order valence-corrected chi connectivity index (χ4v) is 2.38. The molecule has 2 rings (SSSR count). The van der Waals surface area contributed by atoms with Crippen LogP contribution in [0.4, 0.5) is 5.82 Å². The van der Waals surface area contributed by atoms with Crippen LogP contribution in [0.1, 0.15) is 31.4 Å². The molecule has 0 saturated carbocycles. The molecular formula is C13H19N3O. The fourth-order valence-electron chi connectivity index (χ4n) is 2.38. The van der Waals surface area contributed by atoms with Crippen molar-refractivity contribution in [2.75, 3.05) is 25.5 Å². The summed E-state index contributed by atoms with van der Waals surface area (Å²) in [5, 5.41) is 0. The number of carbonyl (C=O) groups excluding carboxylic acids is 1. The van der Waals surface area contributed by atoms with Gasteiger partial charge in [-0.05, 0) is 30.5 Å². The number of hydrogen-bond donors (Lipinski definition) is 0. The van der Waals surface area contributed by atoms with Gasteiger partial charge < -0.3 is 9.80 Å². The molecule has 1 aliphatic rings. The van der Waals surface area contributed by atoms with E-state index in [9.17, 15) is 4.79 Å². The molecule has 1 aromatic rings. The highest BCUT2D eigenvalue weighted by atomic mass is 16.2. The van der Waals surface area contributed by atoms with E-state index < -0.39 is 0 Å². The number of anilines is 1. The van der Waals surface area contributed by atoms with Crippen LogP contribution in [0.5, 0.6) is 0 Å². The monoisotopic (exact) mass is 233 g/mol. The van der Waals surface area contributed by atoms with Crippen molar-refractivity contribution in [2.45, 2.75) is 25.8 Å². The largest absolute Gasteiger partial charge is 0.363 e. The predicted molar refractivity (Wildman–Crippen MR) is 67.9 cm³/mol. The molecule has 1 amide bonds. The van der Waals surface area contributed by atoms with E-state index in [2.05, 4.69) is 11.1 Å². The third-order valence-corrected chi connectivity index (χ3v) is 3.27. The van der Waals surface area contributed by atoms with Crippen molar-refractivity contribution >= 4 is 11.7 Å². The Morgan fingerprint density at radius 2 is 2.29 bits per heavy atom. The predicted octanol–water partition coefficient (Wildman–Crippen LogP) is 1.83. The van der Waals surface area contributed by atoms with Gasteiger partial charge in [-0.3, -0.25) is 4.79 Å². The van der Waals surface area contributed by atoms with Gasteiger partial charge in [-0.1, -0.05) is 0 Å². The Kier molecular flexibility index (Phi) is 3.31. The van der Waals surface area contributed by atoms with Gasteiger partial charge in [0, 0.05) is 33.8 Å². The Morgan fingerprint density at radius 1 is 1.53 bits per heavy atom. The molecule has 92 valence electrons. The molecule has 0 spiro atoms. The van der Waals surface area contributed by atoms with Gasteiger partial charge in [0.25, 0.3) is 0 Å². The molecule has 4 nitrogen and oxygen atoms in total. The number of carbonyl (C=O) groups is 1. The molecule has 0 bridgehead atoms. The zero-order valence-electron chi connectivity index (χ0n) is 10.7. The highest BCUT2D eigenvalue weighted by Crippen LogP contribution is 2.32. The smallest absolute Gasteiger partial charge is 0.219 e. The standard InChI is InChI=1S/C13H19N3O/c1-10(17)16-8-4-5-12(16)11-6-7-14-13(9-11)15(2)3/h6-7,9,12H,4-5,8H2,1-3H3/t12-/m0/s1. The summed E-state index contributed by atoms with van der Waals surface area (Å²) in [6, 6.07) is 4.32. The van der Waals surface area contributed by atoms with Gasteiger partial charge in [0.1, 0.15) is 5.82 Å². The second-order valence-corrected chi connectivity index (χ2v) is 4.71. The van der Waals surface area contributed by atoms with Gasteiger partial charge in [-0.25, -0.2) is 4.98 Å². The van der Waals surface area contributed by atoms with Crippen molar-refractivity contribution in [3.05, 3.63) is 23.9 Å². The van der Waals surface area contributed by atoms with Crippen molar-refractivity contribution < 1.29 is 4.79 Å². The molecule has 0 unspecified atom stereocenters. The summed E-state index contributed by atoms with van der Waals surface area (Å²) in [5.41, 5.74) is 1.19. The minimum atomic E-state index is 0.163. The lowest BCUT2D eigenvalue weighted by atomic mass is 10.1. The lowest BCUT2D eigenvalue weighted by Crippen LogP contribution is -2.28. The maximum atomic E-state index is 11.5. The Balaban J connectivity index is 2.27. The number of aromatic nitrogens is 1. The molecule has 0 radical (unpaired) electrons. The van der Waals surface area contributed by atoms with Crippen LogP contribution >= 0.6 is 0 Å². The second-order valence-electron chi connectivity index (χ2n) is 4.71. The van der Waals surface area contributed by atoms with E-state index in [-0.39, 0.29) is 11.9 Å². The fraction of sp³-hybridized carbons (Fsp3) is 0.538. The number of rotatable bonds is 2. The van der Waals surface area contributed by atoms with E-state index in [1.54, 1.807) is 6.92 Å². The van der Waals surface area contributed by atoms with Crippen LogP contribution in [0.25, 0.3) is 0 Å². The van der Waals surface area contributed by atoms with Gasteiger partial charge in [-0.15, -0.1) is 0 Å². The minimum absolute atomic E-state index is 0.163. The first-order valence-corrected chi connectivity index (χ1v) is 6.00. The summed E-state index contributed by atoms with van der Waals surface area (Å²) in [6.45, 7) is 2.52. The first-order chi connectivity index (χ1) is 8.09. The molecular weight excluding hydrogens is 214 g/mol. The van der Waals surface area contributed by atoms with E-state index in [1.807, 2.05) is 36.2 Å². The Bertz CT molecular complexity index is 417. The van der Waals surface area contributed by atoms with Crippen LogP contribution in [0.2, 0.25) is 0 Å². The molecule has 0 aliphatic carbocycles. The Hall–Kier alpha value is -1.58. The highest BCUT2D eigenvalue weighted by molar-refractivity contribution is 5.74. The van der Waals surface area contributed by atoms with Crippen LogP contribution in [0.3, 0.4) is 0 Å². The average Bonchev–Trinajstić information content (AvgIpc) is 2.78. The summed E-state index contributed by atoms with van der Waals surface area (Å²) < 4.78 is 0. The first kappa shape index (κ1) is 11.9. The second kappa shape index (κ2) is 4.73. The summed E-state index contributed by atoms with van der Waals surface area (Å²) >= 11 is 0. The molecule has 17 heavy (non-hydrogen) atoms. The maximum Gasteiger partial charge on any atom is 0.219 e. The molecule has 0 aromatic carbocycles. The van der Waals surface area contributed by atoms with Crippen LogP contribution in [0, 0.1) is 0 Å². The van der Waals surface area contributed by atoms with Gasteiger partial charge in [0.05, 0.1) is 6.04 Å². The summed E-state index contributed by atoms with van der Waals surface area (Å²) in [7, 11) is 3.95. The van der Waals surface area contributed by atoms with E-state index >= 15 is 0 Å². The lowest BCUT2D eigenvalue weighted by molar-refractivity contribution is -0.129. The van der Waals surface area contributed by atoms with Crippen LogP contribution < -0.4 is 4.90 Å². The quantitative estimate of drug-likeness (QED) is 0.782. The average molecular weight is 233 g/mol. The first-order valence-electron chi connectivity index (χ1n) is 6.00. The van der Waals surface area contributed by atoms with E-state index in [0.717, 1.165) is 25.2 Å². The van der Waals surface area contributed by atoms with Gasteiger partial charge in [0.15, 0.2) is 0 Å². The molecule has 0 N–H and O–H groups in total. The molecule has 2 heterocycles. The maximum absolute atomic E-state index is 11.5. The molecule has 1 atom stereocenters. The molecule has 1 fully saturated rings. The summed E-state index contributed by atoms with van der Waals surface area (Å²) in [5.74, 6) is 1.11. The van der Waals surface area contributed by atoms with Crippen LogP contribution in [-0.4, -0.2) is 36.4 Å². The third kappa shape index (κ3) is 2.40. The van der Waals surface area contributed by atoms with Crippen LogP contribution in [0.15, 0.2) is 18.3 Å². The minimum Gasteiger partial charge on any atom is -0.363 e. The van der Waals surface area contributed by atoms with Crippen LogP contribution in [-0.2, 0) is 4.79 Å². The number of pyridine rings is 1. The van der Waals surface area contributed by atoms with E-state index in [1.165, 1.54) is 5.56 Å². The topological polar surface area (TPSA) is 36.4 Å². The Morgan fingerprint density at radius 3 is 2.94 bits per heavy atom. The molecule has 1 aliphatic heterocycles. The molecule has 1 aromatic heterocycles. The zero-order valence-corrected chi connectivity index (χ0v) is 10.7. The highest BCUT2D eigenvalue weighted by Gasteiger charge is 2.27. The van der Waals surface area contributed by atoms with Crippen molar-refractivity contribution in [3.8, 4) is 0 Å². The SMILES string of the molecule is CC(=O)N1CCC[C@H]1c1ccnc(N(C)C)c1.